The highest BCUT2D eigenvalue weighted by molar-refractivity contribution is 5.89. The van der Waals surface area contributed by atoms with Gasteiger partial charge in [0.1, 0.15) is 12.6 Å². The van der Waals surface area contributed by atoms with Gasteiger partial charge < -0.3 is 25.2 Å². The number of piperidine rings is 1. The van der Waals surface area contributed by atoms with Gasteiger partial charge in [0.25, 0.3) is 0 Å². The quantitative estimate of drug-likeness (QED) is 0.578. The summed E-state index contributed by atoms with van der Waals surface area (Å²) in [5.41, 5.74) is 4.34. The van der Waals surface area contributed by atoms with Gasteiger partial charge in [0.05, 0.1) is 12.5 Å². The topological polar surface area (TPSA) is 116 Å². The Bertz CT molecular complexity index is 1020. The Morgan fingerprint density at radius 2 is 1.59 bits per heavy atom. The second-order valence-electron chi connectivity index (χ2n) is 9.02. The molecule has 180 valence electrons. The molecule has 8 heteroatoms. The summed E-state index contributed by atoms with van der Waals surface area (Å²) < 4.78 is 5.49. The van der Waals surface area contributed by atoms with E-state index in [0.29, 0.717) is 25.9 Å². The third-order valence-corrected chi connectivity index (χ3v) is 6.85. The van der Waals surface area contributed by atoms with Gasteiger partial charge in [-0.05, 0) is 47.9 Å². The van der Waals surface area contributed by atoms with Crippen LogP contribution < -0.4 is 5.32 Å². The molecule has 3 N–H and O–H groups in total. The zero-order valence-corrected chi connectivity index (χ0v) is 19.1. The fourth-order valence-electron chi connectivity index (χ4n) is 4.98. The minimum absolute atomic E-state index is 0.0770. The Morgan fingerprint density at radius 3 is 2.12 bits per heavy atom. The SMILES string of the molecule is C[C@@H](O)C1CCN(C(=O)C(CC(=O)O)NC(=O)OCC2c3ccccc3-c3ccccc32)CC1. The number of carboxylic acids is 1. The summed E-state index contributed by atoms with van der Waals surface area (Å²) in [5.74, 6) is -1.65. The number of carboxylic acid groups (broad SMARTS) is 1. The van der Waals surface area contributed by atoms with Gasteiger partial charge in [-0.2, -0.15) is 0 Å². The molecular formula is C26H30N2O6. The van der Waals surface area contributed by atoms with Crippen LogP contribution in [0, 0.1) is 5.92 Å². The molecule has 2 amide bonds. The molecule has 2 atom stereocenters. The lowest BCUT2D eigenvalue weighted by atomic mass is 9.92. The molecular weight excluding hydrogens is 436 g/mol. The number of nitrogens with one attached hydrogen (secondary N) is 1. The van der Waals surface area contributed by atoms with Crippen LogP contribution in [0.3, 0.4) is 0 Å². The first-order chi connectivity index (χ1) is 16.3. The Labute approximate surface area is 198 Å². The summed E-state index contributed by atoms with van der Waals surface area (Å²) >= 11 is 0. The predicted molar refractivity (Wildman–Crippen MR) is 125 cm³/mol. The highest BCUT2D eigenvalue weighted by Crippen LogP contribution is 2.44. The average Bonchev–Trinajstić information content (AvgIpc) is 3.15. The van der Waals surface area contributed by atoms with E-state index in [9.17, 15) is 24.6 Å². The number of carbonyl (C=O) groups excluding carboxylic acids is 2. The lowest BCUT2D eigenvalue weighted by Crippen LogP contribution is -2.52. The molecule has 1 saturated heterocycles. The van der Waals surface area contributed by atoms with Gasteiger partial charge in [-0.1, -0.05) is 48.5 Å². The minimum Gasteiger partial charge on any atom is -0.481 e. The van der Waals surface area contributed by atoms with Crippen molar-refractivity contribution in [3.63, 3.8) is 0 Å². The second kappa shape index (κ2) is 10.3. The lowest BCUT2D eigenvalue weighted by Gasteiger charge is -2.35. The predicted octanol–water partition coefficient (Wildman–Crippen LogP) is 2.99. The van der Waals surface area contributed by atoms with E-state index in [1.54, 1.807) is 11.8 Å². The Balaban J connectivity index is 1.39. The van der Waals surface area contributed by atoms with Crippen molar-refractivity contribution in [3.8, 4) is 11.1 Å². The molecule has 1 aliphatic heterocycles. The largest absolute Gasteiger partial charge is 0.481 e. The monoisotopic (exact) mass is 466 g/mol. The van der Waals surface area contributed by atoms with Crippen molar-refractivity contribution in [2.45, 2.75) is 44.2 Å². The zero-order valence-electron chi connectivity index (χ0n) is 19.1. The van der Waals surface area contributed by atoms with Crippen LogP contribution in [-0.4, -0.2) is 64.9 Å². The van der Waals surface area contributed by atoms with Crippen molar-refractivity contribution in [1.29, 1.82) is 0 Å². The van der Waals surface area contributed by atoms with E-state index in [4.69, 9.17) is 4.74 Å². The average molecular weight is 467 g/mol. The first-order valence-electron chi connectivity index (χ1n) is 11.6. The van der Waals surface area contributed by atoms with E-state index >= 15 is 0 Å². The summed E-state index contributed by atoms with van der Waals surface area (Å²) in [6, 6.07) is 14.7. The Morgan fingerprint density at radius 1 is 1.03 bits per heavy atom. The van der Waals surface area contributed by atoms with Crippen molar-refractivity contribution in [2.75, 3.05) is 19.7 Å². The number of hydrogen-bond donors (Lipinski definition) is 3. The van der Waals surface area contributed by atoms with E-state index in [-0.39, 0.29) is 18.4 Å². The molecule has 4 rings (SSSR count). The molecule has 0 saturated carbocycles. The summed E-state index contributed by atoms with van der Waals surface area (Å²) in [6.07, 6.45) is -0.534. The van der Waals surface area contributed by atoms with Crippen molar-refractivity contribution in [2.24, 2.45) is 5.92 Å². The minimum atomic E-state index is -1.21. The molecule has 1 fully saturated rings. The number of ether oxygens (including phenoxy) is 1. The molecule has 0 bridgehead atoms. The maximum atomic E-state index is 13.0. The summed E-state index contributed by atoms with van der Waals surface area (Å²) in [5, 5.41) is 21.5. The van der Waals surface area contributed by atoms with Crippen LogP contribution in [0.15, 0.2) is 48.5 Å². The number of carbonyl (C=O) groups is 3. The molecule has 1 aliphatic carbocycles. The van der Waals surface area contributed by atoms with E-state index in [1.165, 1.54) is 0 Å². The van der Waals surface area contributed by atoms with Crippen LogP contribution in [0.1, 0.15) is 43.2 Å². The van der Waals surface area contributed by atoms with E-state index in [0.717, 1.165) is 22.3 Å². The highest BCUT2D eigenvalue weighted by atomic mass is 16.5. The molecule has 2 aliphatic rings. The van der Waals surface area contributed by atoms with Gasteiger partial charge in [-0.25, -0.2) is 4.79 Å². The molecule has 8 nitrogen and oxygen atoms in total. The number of aliphatic carboxylic acids is 1. The van der Waals surface area contributed by atoms with Gasteiger partial charge in [0, 0.05) is 19.0 Å². The number of nitrogens with zero attached hydrogens (tertiary/aromatic N) is 1. The third-order valence-electron chi connectivity index (χ3n) is 6.85. The van der Waals surface area contributed by atoms with Gasteiger partial charge in [-0.3, -0.25) is 9.59 Å². The van der Waals surface area contributed by atoms with Crippen molar-refractivity contribution >= 4 is 18.0 Å². The van der Waals surface area contributed by atoms with E-state index in [1.807, 2.05) is 48.5 Å². The van der Waals surface area contributed by atoms with Crippen LogP contribution in [0.5, 0.6) is 0 Å². The number of likely N-dealkylation sites (tertiary alicyclic amines) is 1. The van der Waals surface area contributed by atoms with Crippen LogP contribution >= 0.6 is 0 Å². The van der Waals surface area contributed by atoms with Crippen molar-refractivity contribution in [1.82, 2.24) is 10.2 Å². The molecule has 0 aromatic heterocycles. The molecule has 1 unspecified atom stereocenters. The maximum Gasteiger partial charge on any atom is 0.407 e. The molecule has 0 spiro atoms. The second-order valence-corrected chi connectivity index (χ2v) is 9.02. The standard InChI is InChI=1S/C26H30N2O6/c1-16(29)17-10-12-28(13-11-17)25(32)23(14-24(30)31)27-26(33)34-15-22-20-8-4-2-6-18(20)19-7-3-5-9-21(19)22/h2-9,16-17,22-23,29H,10-15H2,1H3,(H,27,33)(H,30,31)/t16-,23?/m1/s1. The van der Waals surface area contributed by atoms with Crippen LogP contribution in [0.2, 0.25) is 0 Å². The molecule has 0 radical (unpaired) electrons. The fraction of sp³-hybridized carbons (Fsp3) is 0.423. The molecule has 1 heterocycles. The van der Waals surface area contributed by atoms with Crippen LogP contribution in [0.4, 0.5) is 4.79 Å². The van der Waals surface area contributed by atoms with Crippen molar-refractivity contribution in [3.05, 3.63) is 59.7 Å². The number of amides is 2. The number of aliphatic hydroxyl groups excluding tert-OH is 1. The van der Waals surface area contributed by atoms with Crippen LogP contribution in [0.25, 0.3) is 11.1 Å². The van der Waals surface area contributed by atoms with Gasteiger partial charge in [0.2, 0.25) is 5.91 Å². The highest BCUT2D eigenvalue weighted by Gasteiger charge is 2.33. The number of benzene rings is 2. The van der Waals surface area contributed by atoms with Gasteiger partial charge in [0.15, 0.2) is 0 Å². The molecule has 2 aromatic carbocycles. The number of fused-ring (bicyclic) bond motifs is 3. The first kappa shape index (κ1) is 23.8. The van der Waals surface area contributed by atoms with Gasteiger partial charge >= 0.3 is 12.1 Å². The number of hydrogen-bond acceptors (Lipinski definition) is 5. The first-order valence-corrected chi connectivity index (χ1v) is 11.6. The molecule has 2 aromatic rings. The number of alkyl carbamates (subject to hydrolysis) is 1. The zero-order chi connectivity index (χ0) is 24.2. The number of aliphatic hydroxyl groups is 1. The normalized spacial score (nSPS) is 17.4. The summed E-state index contributed by atoms with van der Waals surface area (Å²) in [4.78, 5) is 38.5. The van der Waals surface area contributed by atoms with Gasteiger partial charge in [-0.15, -0.1) is 0 Å². The summed E-state index contributed by atoms with van der Waals surface area (Å²) in [6.45, 7) is 2.63. The van der Waals surface area contributed by atoms with Crippen molar-refractivity contribution < 1.29 is 29.3 Å². The fourth-order valence-corrected chi connectivity index (χ4v) is 4.98. The smallest absolute Gasteiger partial charge is 0.407 e. The molecule has 34 heavy (non-hydrogen) atoms. The number of rotatable bonds is 7. The third kappa shape index (κ3) is 5.07. The van der Waals surface area contributed by atoms with E-state index in [2.05, 4.69) is 5.32 Å². The maximum absolute atomic E-state index is 13.0. The summed E-state index contributed by atoms with van der Waals surface area (Å²) in [7, 11) is 0. The van der Waals surface area contributed by atoms with Crippen LogP contribution in [-0.2, 0) is 14.3 Å². The Hall–Kier alpha value is -3.39. The Kier molecular flexibility index (Phi) is 7.17. The van der Waals surface area contributed by atoms with E-state index < -0.39 is 36.5 Å². The lowest BCUT2D eigenvalue weighted by molar-refractivity contribution is -0.143.